The Bertz CT molecular complexity index is 2030. The van der Waals surface area contributed by atoms with Gasteiger partial charge in [-0.05, 0) is 36.2 Å². The second-order valence-electron chi connectivity index (χ2n) is 13.9. The lowest BCUT2D eigenvalue weighted by atomic mass is 9.93. The number of rotatable bonds is 17. The van der Waals surface area contributed by atoms with Gasteiger partial charge in [-0.1, -0.05) is 35.4 Å². The predicted octanol–water partition coefficient (Wildman–Crippen LogP) is 2.35. The third-order valence-electron chi connectivity index (χ3n) is 9.42. The van der Waals surface area contributed by atoms with Crippen molar-refractivity contribution in [1.29, 1.82) is 0 Å². The standard InChI is InChI=1S/C40H44N4O18/c1-20(45)54-18-28-31(56-21(2)46)33(58-23(4)48)30(44-36(50)26-14-9-10-15-27(26)37(44)51)39(60-28)62-34-32(57-22(3)47)29(19-55-38(52)25-12-7-6-8-13-25)61-40(35(34)59-24(5)49)53-17-11-16-42-43-41/h6-10,12-15,28-35,39-40H,11,16-19H2,1-5H3/t28-,29-,30-,31+,32+,33-,34+,35-,39+,40+/m1/s1. The Morgan fingerprint density at radius 2 is 1.15 bits per heavy atom. The fourth-order valence-electron chi connectivity index (χ4n) is 7.05. The molecule has 2 aromatic rings. The first-order valence-corrected chi connectivity index (χ1v) is 19.2. The van der Waals surface area contributed by atoms with Crippen LogP contribution in [-0.4, -0.2) is 140 Å². The van der Waals surface area contributed by atoms with E-state index in [9.17, 15) is 38.4 Å². The van der Waals surface area contributed by atoms with Crippen LogP contribution in [0.15, 0.2) is 59.7 Å². The van der Waals surface area contributed by atoms with Gasteiger partial charge in [0, 0.05) is 46.1 Å². The van der Waals surface area contributed by atoms with Crippen LogP contribution in [0.5, 0.6) is 0 Å². The fraction of sp³-hybridized carbons (Fsp3) is 0.500. The number of imide groups is 1. The summed E-state index contributed by atoms with van der Waals surface area (Å²) in [5.74, 6) is -7.17. The zero-order valence-electron chi connectivity index (χ0n) is 34.1. The van der Waals surface area contributed by atoms with E-state index in [0.717, 1.165) is 34.6 Å². The molecule has 0 unspecified atom stereocenters. The molecule has 10 atom stereocenters. The van der Waals surface area contributed by atoms with E-state index >= 15 is 0 Å². The Morgan fingerprint density at radius 1 is 0.645 bits per heavy atom. The van der Waals surface area contributed by atoms with Gasteiger partial charge in [0.1, 0.15) is 37.6 Å². The van der Waals surface area contributed by atoms with Crippen LogP contribution in [-0.2, 0) is 71.3 Å². The van der Waals surface area contributed by atoms with Gasteiger partial charge in [-0.3, -0.25) is 38.5 Å². The molecule has 0 spiro atoms. The summed E-state index contributed by atoms with van der Waals surface area (Å²) < 4.78 is 58.6. The number of hydrogen-bond acceptors (Lipinski definition) is 19. The second kappa shape index (κ2) is 21.4. The van der Waals surface area contributed by atoms with Gasteiger partial charge in [0.25, 0.3) is 11.8 Å². The number of carbonyl (C=O) groups excluding carboxylic acids is 8. The molecule has 0 aromatic heterocycles. The third kappa shape index (κ3) is 11.5. The van der Waals surface area contributed by atoms with Gasteiger partial charge in [-0.15, -0.1) is 0 Å². The van der Waals surface area contributed by atoms with Gasteiger partial charge >= 0.3 is 35.8 Å². The van der Waals surface area contributed by atoms with Gasteiger partial charge in [0.15, 0.2) is 37.0 Å². The van der Waals surface area contributed by atoms with Crippen molar-refractivity contribution in [2.45, 2.75) is 102 Å². The largest absolute Gasteiger partial charge is 0.463 e. The first-order valence-electron chi connectivity index (χ1n) is 19.2. The van der Waals surface area contributed by atoms with E-state index in [1.807, 2.05) is 0 Å². The van der Waals surface area contributed by atoms with Crippen LogP contribution in [0, 0.1) is 0 Å². The number of amides is 2. The van der Waals surface area contributed by atoms with Crippen molar-refractivity contribution in [3.8, 4) is 0 Å². The Balaban J connectivity index is 1.66. The number of benzene rings is 2. The fourth-order valence-corrected chi connectivity index (χ4v) is 7.05. The predicted molar refractivity (Wildman–Crippen MR) is 203 cm³/mol. The Labute approximate surface area is 353 Å². The average molecular weight is 869 g/mol. The topological polar surface area (TPSA) is 281 Å². The smallest absolute Gasteiger partial charge is 0.338 e. The molecule has 0 bridgehead atoms. The van der Waals surface area contributed by atoms with Crippen LogP contribution < -0.4 is 0 Å². The van der Waals surface area contributed by atoms with E-state index in [1.165, 1.54) is 36.4 Å². The molecule has 2 saturated heterocycles. The highest BCUT2D eigenvalue weighted by Crippen LogP contribution is 2.39. The molecule has 62 heavy (non-hydrogen) atoms. The van der Waals surface area contributed by atoms with Gasteiger partial charge in [0.2, 0.25) is 0 Å². The number of nitrogens with zero attached hydrogens (tertiary/aromatic N) is 4. The molecule has 0 N–H and O–H groups in total. The summed E-state index contributed by atoms with van der Waals surface area (Å²) in [7, 11) is 0. The van der Waals surface area contributed by atoms with Crippen LogP contribution >= 0.6 is 0 Å². The zero-order chi connectivity index (χ0) is 45.1. The van der Waals surface area contributed by atoms with Crippen molar-refractivity contribution in [2.75, 3.05) is 26.4 Å². The number of esters is 6. The molecule has 3 aliphatic heterocycles. The highest BCUT2D eigenvalue weighted by Gasteiger charge is 2.60. The Hall–Kier alpha value is -6.45. The molecular formula is C40H44N4O18. The second-order valence-corrected chi connectivity index (χ2v) is 13.9. The summed E-state index contributed by atoms with van der Waals surface area (Å²) in [4.78, 5) is 108. The van der Waals surface area contributed by atoms with E-state index in [2.05, 4.69) is 10.0 Å². The van der Waals surface area contributed by atoms with Crippen LogP contribution in [0.2, 0.25) is 0 Å². The lowest BCUT2D eigenvalue weighted by Crippen LogP contribution is -2.70. The number of azide groups is 1. The van der Waals surface area contributed by atoms with Crippen LogP contribution in [0.3, 0.4) is 0 Å². The maximum atomic E-state index is 14.2. The normalized spacial score (nSPS) is 26.6. The van der Waals surface area contributed by atoms with Crippen molar-refractivity contribution in [2.24, 2.45) is 5.11 Å². The number of fused-ring (bicyclic) bond motifs is 1. The maximum absolute atomic E-state index is 14.2. The molecule has 5 rings (SSSR count). The molecule has 22 heteroatoms. The Morgan fingerprint density at radius 3 is 1.69 bits per heavy atom. The molecule has 3 heterocycles. The lowest BCUT2D eigenvalue weighted by molar-refractivity contribution is -0.352. The molecule has 2 fully saturated rings. The third-order valence-corrected chi connectivity index (χ3v) is 9.42. The molecule has 0 saturated carbocycles. The molecule has 2 amide bonds. The van der Waals surface area contributed by atoms with Crippen LogP contribution in [0.4, 0.5) is 0 Å². The molecule has 332 valence electrons. The molecular weight excluding hydrogens is 824 g/mol. The molecule has 2 aromatic carbocycles. The van der Waals surface area contributed by atoms with Gasteiger partial charge < -0.3 is 47.4 Å². The number of hydrogen-bond donors (Lipinski definition) is 0. The van der Waals surface area contributed by atoms with E-state index in [0.29, 0.717) is 4.90 Å². The van der Waals surface area contributed by atoms with E-state index < -0.39 is 122 Å². The average Bonchev–Trinajstić information content (AvgIpc) is 3.47. The minimum absolute atomic E-state index is 0.0157. The van der Waals surface area contributed by atoms with Crippen LogP contribution in [0.1, 0.15) is 72.1 Å². The first kappa shape index (κ1) is 46.6. The zero-order valence-corrected chi connectivity index (χ0v) is 34.1. The van der Waals surface area contributed by atoms with Crippen molar-refractivity contribution < 1.29 is 85.7 Å². The van der Waals surface area contributed by atoms with Crippen molar-refractivity contribution >= 4 is 47.6 Å². The summed E-state index contributed by atoms with van der Waals surface area (Å²) >= 11 is 0. The molecule has 3 aliphatic rings. The van der Waals surface area contributed by atoms with E-state index in [-0.39, 0.29) is 36.3 Å². The van der Waals surface area contributed by atoms with Crippen molar-refractivity contribution in [1.82, 2.24) is 4.90 Å². The van der Waals surface area contributed by atoms with Gasteiger partial charge in [0.05, 0.1) is 23.3 Å². The van der Waals surface area contributed by atoms with Crippen molar-refractivity contribution in [3.63, 3.8) is 0 Å². The monoisotopic (exact) mass is 868 g/mol. The quantitative estimate of drug-likeness (QED) is 0.0419. The van der Waals surface area contributed by atoms with Gasteiger partial charge in [-0.2, -0.15) is 0 Å². The molecule has 0 radical (unpaired) electrons. The highest BCUT2D eigenvalue weighted by molar-refractivity contribution is 6.21. The molecule has 0 aliphatic carbocycles. The van der Waals surface area contributed by atoms with Gasteiger partial charge in [-0.25, -0.2) is 4.79 Å². The number of ether oxygens (including phenoxy) is 10. The van der Waals surface area contributed by atoms with E-state index in [4.69, 9.17) is 52.9 Å². The summed E-state index contributed by atoms with van der Waals surface area (Å²) in [5.41, 5.74) is 8.80. The summed E-state index contributed by atoms with van der Waals surface area (Å²) in [5, 5.41) is 3.47. The summed E-state index contributed by atoms with van der Waals surface area (Å²) in [6.45, 7) is 3.70. The molecule has 22 nitrogen and oxygen atoms in total. The maximum Gasteiger partial charge on any atom is 0.338 e. The minimum atomic E-state index is -1.99. The van der Waals surface area contributed by atoms with Crippen molar-refractivity contribution in [3.05, 3.63) is 81.7 Å². The summed E-state index contributed by atoms with van der Waals surface area (Å²) in [6, 6.07) is 11.8. The van der Waals surface area contributed by atoms with E-state index in [1.54, 1.807) is 18.2 Å². The Kier molecular flexibility index (Phi) is 16.1. The minimum Gasteiger partial charge on any atom is -0.463 e. The lowest BCUT2D eigenvalue weighted by Gasteiger charge is -2.50. The highest BCUT2D eigenvalue weighted by atomic mass is 16.8. The first-order chi connectivity index (χ1) is 29.6. The number of carbonyl (C=O) groups is 8. The van der Waals surface area contributed by atoms with Crippen LogP contribution in [0.25, 0.3) is 10.4 Å². The summed E-state index contributed by atoms with van der Waals surface area (Å²) in [6.07, 6.45) is -15.1. The SMILES string of the molecule is CC(=O)OC[C@H]1O[C@@H](O[C@H]2[C@@H](OC(C)=O)[C@@H](COC(=O)c3ccccc3)O[C@H](OCCCN=[N+]=[N-])[C@@H]2OC(C)=O)[C@H](N2C(=O)c3ccccc3C2=O)[C@@H](OC(C)=O)[C@H]1OC(C)=O.